The fourth-order valence-electron chi connectivity index (χ4n) is 3.69. The number of aromatic nitrogens is 1. The number of aromatic hydroxyl groups is 1. The van der Waals surface area contributed by atoms with Gasteiger partial charge >= 0.3 is 0 Å². The second-order valence-corrected chi connectivity index (χ2v) is 9.74. The van der Waals surface area contributed by atoms with E-state index in [0.717, 1.165) is 6.07 Å². The van der Waals surface area contributed by atoms with E-state index in [1.165, 1.54) is 34.9 Å². The number of nitriles is 1. The molecule has 0 unspecified atom stereocenters. The number of ether oxygens (including phenoxy) is 1. The van der Waals surface area contributed by atoms with Crippen molar-refractivity contribution in [2.75, 3.05) is 11.9 Å². The molecule has 0 aliphatic carbocycles. The van der Waals surface area contributed by atoms with Crippen molar-refractivity contribution >= 4 is 32.4 Å². The van der Waals surface area contributed by atoms with Crippen LogP contribution >= 0.6 is 0 Å². The molecule has 1 aliphatic rings. The van der Waals surface area contributed by atoms with Gasteiger partial charge in [-0.2, -0.15) is 13.7 Å². The first-order valence-corrected chi connectivity index (χ1v) is 11.9. The minimum atomic E-state index is -4.29. The molecule has 1 aromatic heterocycles. The number of fused-ring (bicyclic) bond motifs is 2. The van der Waals surface area contributed by atoms with Crippen LogP contribution in [0.25, 0.3) is 10.9 Å². The van der Waals surface area contributed by atoms with Crippen molar-refractivity contribution in [2.24, 2.45) is 10.3 Å². The summed E-state index contributed by atoms with van der Waals surface area (Å²) in [6.45, 7) is 3.98. The molecule has 0 saturated heterocycles. The highest BCUT2D eigenvalue weighted by molar-refractivity contribution is 7.90. The van der Waals surface area contributed by atoms with Crippen molar-refractivity contribution in [3.63, 3.8) is 0 Å². The normalized spacial score (nSPS) is 14.3. The van der Waals surface area contributed by atoms with Gasteiger partial charge in [-0.25, -0.2) is 4.39 Å². The Morgan fingerprint density at radius 3 is 2.74 bits per heavy atom. The number of aryl methyl sites for hydroxylation is 1. The average Bonchev–Trinajstić information content (AvgIpc) is 2.77. The Bertz CT molecular complexity index is 1540. The van der Waals surface area contributed by atoms with Crippen LogP contribution in [-0.2, 0) is 16.6 Å². The second kappa shape index (κ2) is 8.79. The van der Waals surface area contributed by atoms with E-state index in [-0.39, 0.29) is 52.2 Å². The van der Waals surface area contributed by atoms with Crippen LogP contribution in [0.4, 0.5) is 10.1 Å². The molecule has 2 N–H and O–H groups in total. The van der Waals surface area contributed by atoms with Crippen LogP contribution in [0.5, 0.6) is 11.5 Å². The molecule has 0 amide bonds. The third kappa shape index (κ3) is 4.20. The molecule has 4 rings (SSSR count). The molecule has 0 saturated carbocycles. The summed E-state index contributed by atoms with van der Waals surface area (Å²) in [6, 6.07) is 9.55. The molecule has 3 aromatic rings. The smallest absolute Gasteiger partial charge is 0.286 e. The molecule has 9 nitrogen and oxygen atoms in total. The van der Waals surface area contributed by atoms with Gasteiger partial charge in [0.25, 0.3) is 15.6 Å². The van der Waals surface area contributed by atoms with E-state index in [9.17, 15) is 22.7 Å². The minimum absolute atomic E-state index is 0.0614. The van der Waals surface area contributed by atoms with E-state index in [0.29, 0.717) is 11.9 Å². The number of nitrogens with one attached hydrogen (secondary N) is 1. The molecule has 0 radical (unpaired) electrons. The fraction of sp³-hybridized carbons (Fsp3) is 0.261. The minimum Gasteiger partial charge on any atom is -0.506 e. The Kier molecular flexibility index (Phi) is 6.01. The highest BCUT2D eigenvalue weighted by Crippen LogP contribution is 2.34. The van der Waals surface area contributed by atoms with Crippen molar-refractivity contribution in [1.82, 2.24) is 4.57 Å². The van der Waals surface area contributed by atoms with Crippen LogP contribution in [-0.4, -0.2) is 30.5 Å². The number of nitrogens with zero attached hydrogens (tertiary/aromatic N) is 3. The van der Waals surface area contributed by atoms with Gasteiger partial charge in [-0.15, -0.1) is 4.40 Å². The van der Waals surface area contributed by atoms with Crippen molar-refractivity contribution in [3.05, 3.63) is 58.1 Å². The lowest BCUT2D eigenvalue weighted by Crippen LogP contribution is -2.33. The predicted octanol–water partition coefficient (Wildman–Crippen LogP) is 3.36. The summed E-state index contributed by atoms with van der Waals surface area (Å²) < 4.78 is 50.1. The molecule has 0 spiro atoms. The Morgan fingerprint density at radius 1 is 1.26 bits per heavy atom. The number of benzene rings is 2. The third-order valence-corrected chi connectivity index (χ3v) is 6.68. The highest BCUT2D eigenvalue weighted by Gasteiger charge is 2.30. The standard InChI is InChI=1S/C23H21FN4O5S/c1-13(2)7-9-28-18-6-3-14(24)11-16(18)21(29)20(23(28)30)22-26-17-5-4-15(33-10-8-25)12-19(17)34(31,32)27-22/h3-6,11-13,29H,7,9-10H2,1-2H3,(H,26,27). The molecule has 11 heteroatoms. The number of pyridine rings is 1. The highest BCUT2D eigenvalue weighted by atomic mass is 32.2. The summed E-state index contributed by atoms with van der Waals surface area (Å²) >= 11 is 0. The molecule has 2 aromatic carbocycles. The first kappa shape index (κ1) is 23.3. The zero-order valence-electron chi connectivity index (χ0n) is 18.4. The van der Waals surface area contributed by atoms with Gasteiger partial charge in [0.1, 0.15) is 33.8 Å². The van der Waals surface area contributed by atoms with E-state index < -0.39 is 27.1 Å². The van der Waals surface area contributed by atoms with Gasteiger partial charge < -0.3 is 19.7 Å². The Balaban J connectivity index is 1.90. The van der Waals surface area contributed by atoms with E-state index in [1.807, 2.05) is 13.8 Å². The monoisotopic (exact) mass is 484 g/mol. The Morgan fingerprint density at radius 2 is 2.03 bits per heavy atom. The summed E-state index contributed by atoms with van der Waals surface area (Å²) in [5.41, 5.74) is -0.592. The van der Waals surface area contributed by atoms with Gasteiger partial charge in [-0.3, -0.25) is 4.79 Å². The van der Waals surface area contributed by atoms with Gasteiger partial charge in [-0.05, 0) is 42.7 Å². The lowest BCUT2D eigenvalue weighted by molar-refractivity contribution is 0.367. The van der Waals surface area contributed by atoms with E-state index in [4.69, 9.17) is 10.00 Å². The molecule has 0 bridgehead atoms. The first-order chi connectivity index (χ1) is 16.1. The van der Waals surface area contributed by atoms with Gasteiger partial charge in [0, 0.05) is 18.0 Å². The number of anilines is 1. The van der Waals surface area contributed by atoms with Crippen LogP contribution in [0, 0.1) is 23.1 Å². The van der Waals surface area contributed by atoms with Crippen LogP contribution in [0.1, 0.15) is 25.8 Å². The Hall–Kier alpha value is -3.91. The zero-order chi connectivity index (χ0) is 24.6. The summed E-state index contributed by atoms with van der Waals surface area (Å²) in [6.07, 6.45) is 0.628. The zero-order valence-corrected chi connectivity index (χ0v) is 19.2. The number of amidine groups is 1. The van der Waals surface area contributed by atoms with Gasteiger partial charge in [-0.1, -0.05) is 13.8 Å². The molecular formula is C23H21FN4O5S. The average molecular weight is 485 g/mol. The summed E-state index contributed by atoms with van der Waals surface area (Å²) in [7, 11) is -4.29. The van der Waals surface area contributed by atoms with E-state index in [2.05, 4.69) is 9.71 Å². The first-order valence-electron chi connectivity index (χ1n) is 10.4. The van der Waals surface area contributed by atoms with Crippen LogP contribution < -0.4 is 15.6 Å². The molecule has 0 atom stereocenters. The molecule has 34 heavy (non-hydrogen) atoms. The summed E-state index contributed by atoms with van der Waals surface area (Å²) in [5, 5.41) is 22.4. The number of sulfonamides is 1. The lowest BCUT2D eigenvalue weighted by Gasteiger charge is -2.21. The van der Waals surface area contributed by atoms with E-state index in [1.54, 1.807) is 6.07 Å². The van der Waals surface area contributed by atoms with Crippen molar-refractivity contribution in [2.45, 2.75) is 31.7 Å². The predicted molar refractivity (Wildman–Crippen MR) is 124 cm³/mol. The summed E-state index contributed by atoms with van der Waals surface area (Å²) in [4.78, 5) is 13.2. The molecule has 0 fully saturated rings. The SMILES string of the molecule is CC(C)CCn1c(=O)c(C2=NS(=O)(=O)c3cc(OCC#N)ccc3N2)c(O)c2cc(F)ccc21. The maximum atomic E-state index is 14.0. The summed E-state index contributed by atoms with van der Waals surface area (Å²) in [5.74, 6) is -1.15. The van der Waals surface area contributed by atoms with Crippen molar-refractivity contribution in [1.29, 1.82) is 5.26 Å². The second-order valence-electron chi connectivity index (χ2n) is 8.17. The van der Waals surface area contributed by atoms with E-state index >= 15 is 0 Å². The number of hydrogen-bond donors (Lipinski definition) is 2. The van der Waals surface area contributed by atoms with Crippen molar-refractivity contribution in [3.8, 4) is 17.6 Å². The number of halogens is 1. The molecule has 176 valence electrons. The topological polar surface area (TPSA) is 134 Å². The van der Waals surface area contributed by atoms with Crippen LogP contribution in [0.15, 0.2) is 50.5 Å². The molecule has 1 aliphatic heterocycles. The molecular weight excluding hydrogens is 463 g/mol. The largest absolute Gasteiger partial charge is 0.506 e. The van der Waals surface area contributed by atoms with Crippen molar-refractivity contribution < 1.29 is 22.7 Å². The van der Waals surface area contributed by atoms with Gasteiger partial charge in [0.05, 0.1) is 11.2 Å². The quantitative estimate of drug-likeness (QED) is 0.548. The van der Waals surface area contributed by atoms with Gasteiger partial charge in [0.15, 0.2) is 12.4 Å². The van der Waals surface area contributed by atoms with Gasteiger partial charge in [0.2, 0.25) is 0 Å². The maximum Gasteiger partial charge on any atom is 0.286 e. The third-order valence-electron chi connectivity index (χ3n) is 5.37. The lowest BCUT2D eigenvalue weighted by atomic mass is 10.1. The maximum absolute atomic E-state index is 14.0. The number of hydrogen-bond acceptors (Lipinski definition) is 7. The number of rotatable bonds is 6. The molecule has 2 heterocycles. The fourth-order valence-corrected chi connectivity index (χ4v) is 4.83. The van der Waals surface area contributed by atoms with Crippen LogP contribution in [0.2, 0.25) is 0 Å². The van der Waals surface area contributed by atoms with Crippen LogP contribution in [0.3, 0.4) is 0 Å². The Labute approximate surface area is 194 Å².